The molecule has 2 amide bonds. The van der Waals surface area contributed by atoms with Crippen LogP contribution in [-0.4, -0.2) is 91.2 Å². The normalized spacial score (nSPS) is 17.8. The van der Waals surface area contributed by atoms with Crippen molar-refractivity contribution in [3.63, 3.8) is 0 Å². The highest BCUT2D eigenvalue weighted by molar-refractivity contribution is 5.91. The predicted octanol–water partition coefficient (Wildman–Crippen LogP) is 4.91. The number of benzene rings is 3. The first kappa shape index (κ1) is 33.2. The molecule has 3 aromatic carbocycles. The largest absolute Gasteiger partial charge is 0.488 e. The monoisotopic (exact) mass is 600 g/mol. The summed E-state index contributed by atoms with van der Waals surface area (Å²) < 4.78 is 6.67. The van der Waals surface area contributed by atoms with Crippen LogP contribution in [0.25, 0.3) is 11.1 Å². The lowest BCUT2D eigenvalue weighted by Gasteiger charge is -2.34. The zero-order chi connectivity index (χ0) is 31.6. The van der Waals surface area contributed by atoms with Gasteiger partial charge in [0.15, 0.2) is 0 Å². The van der Waals surface area contributed by atoms with E-state index in [0.717, 1.165) is 25.1 Å². The summed E-state index contributed by atoms with van der Waals surface area (Å²) in [4.78, 5) is 32.2. The molecule has 0 aromatic heterocycles. The lowest BCUT2D eigenvalue weighted by Crippen LogP contribution is -2.47. The van der Waals surface area contributed by atoms with Crippen LogP contribution in [0.3, 0.4) is 0 Å². The van der Waals surface area contributed by atoms with Crippen molar-refractivity contribution in [1.82, 2.24) is 14.7 Å². The van der Waals surface area contributed by atoms with E-state index in [1.165, 1.54) is 16.7 Å². The molecule has 0 unspecified atom stereocenters. The Balaban J connectivity index is 1.50. The maximum atomic E-state index is 13.5. The Labute approximate surface area is 262 Å². The van der Waals surface area contributed by atoms with Crippen molar-refractivity contribution >= 4 is 17.5 Å². The molecule has 1 aliphatic heterocycles. The van der Waals surface area contributed by atoms with Crippen LogP contribution in [0.4, 0.5) is 5.69 Å². The van der Waals surface area contributed by atoms with E-state index >= 15 is 0 Å². The quantitative estimate of drug-likeness (QED) is 0.307. The van der Waals surface area contributed by atoms with E-state index in [9.17, 15) is 14.7 Å². The number of rotatable bonds is 12. The second-order valence-corrected chi connectivity index (χ2v) is 12.4. The van der Waals surface area contributed by atoms with Crippen molar-refractivity contribution < 1.29 is 19.4 Å². The number of nitrogens with zero attached hydrogens (tertiary/aromatic N) is 3. The highest BCUT2D eigenvalue weighted by Gasteiger charge is 2.31. The molecule has 0 fully saturated rings. The fourth-order valence-electron chi connectivity index (χ4n) is 5.62. The lowest BCUT2D eigenvalue weighted by atomic mass is 10.0. The first-order valence-corrected chi connectivity index (χ1v) is 15.6. The summed E-state index contributed by atoms with van der Waals surface area (Å²) in [6.45, 7) is 6.59. The summed E-state index contributed by atoms with van der Waals surface area (Å²) in [6.07, 6.45) is 1.12. The number of carbonyl (C=O) groups excluding carboxylic acids is 2. The number of hydrogen-bond donors (Lipinski definition) is 2. The fraction of sp³-hybridized carbons (Fsp3) is 0.444. The Morgan fingerprint density at radius 1 is 1.05 bits per heavy atom. The van der Waals surface area contributed by atoms with Gasteiger partial charge in [0.2, 0.25) is 11.8 Å². The predicted molar refractivity (Wildman–Crippen MR) is 177 cm³/mol. The van der Waals surface area contributed by atoms with Crippen LogP contribution in [0, 0.1) is 5.92 Å². The number of anilines is 1. The molecule has 8 nitrogen and oxygen atoms in total. The molecule has 0 bridgehead atoms. The number of amides is 2. The standard InChI is InChI=1S/C36H48N4O4/c1-26-22-40(27(2)25-41)36(43)21-31-20-32(37-35(42)12-9-19-38(3)4)17-18-33(31)44-34(26)24-39(5)23-28-13-15-30(16-14-28)29-10-7-6-8-11-29/h6-8,10-11,13-18,20,26-27,34,41H,9,12,19,21-25H2,1-5H3,(H,37,42)/t26-,27-,34+/m0/s1. The number of aliphatic hydroxyl groups is 1. The molecule has 4 rings (SSSR count). The second kappa shape index (κ2) is 15.8. The van der Waals surface area contributed by atoms with Gasteiger partial charge in [-0.3, -0.25) is 14.5 Å². The first-order chi connectivity index (χ1) is 21.1. The van der Waals surface area contributed by atoms with Crippen LogP contribution < -0.4 is 10.1 Å². The molecule has 44 heavy (non-hydrogen) atoms. The Morgan fingerprint density at radius 2 is 1.75 bits per heavy atom. The number of fused-ring (bicyclic) bond motifs is 1. The van der Waals surface area contributed by atoms with Crippen molar-refractivity contribution in [3.05, 3.63) is 83.9 Å². The van der Waals surface area contributed by atoms with E-state index in [1.807, 2.05) is 57.4 Å². The molecular formula is C36H48N4O4. The van der Waals surface area contributed by atoms with E-state index in [1.54, 1.807) is 4.90 Å². The number of aliphatic hydroxyl groups excluding tert-OH is 1. The summed E-state index contributed by atoms with van der Waals surface area (Å²) in [5.41, 5.74) is 4.97. The van der Waals surface area contributed by atoms with Gasteiger partial charge in [0.25, 0.3) is 0 Å². The maximum absolute atomic E-state index is 13.5. The Bertz CT molecular complexity index is 1360. The highest BCUT2D eigenvalue weighted by Crippen LogP contribution is 2.29. The van der Waals surface area contributed by atoms with Gasteiger partial charge < -0.3 is 25.0 Å². The van der Waals surface area contributed by atoms with Crippen LogP contribution in [0.2, 0.25) is 0 Å². The van der Waals surface area contributed by atoms with E-state index in [-0.39, 0.29) is 42.9 Å². The Hall–Kier alpha value is -3.72. The van der Waals surface area contributed by atoms with Crippen molar-refractivity contribution in [2.24, 2.45) is 5.92 Å². The molecule has 2 N–H and O–H groups in total. The third-order valence-corrected chi connectivity index (χ3v) is 8.21. The summed E-state index contributed by atoms with van der Waals surface area (Å²) in [5, 5.41) is 12.9. The molecule has 0 radical (unpaired) electrons. The smallest absolute Gasteiger partial charge is 0.227 e. The number of likely N-dealkylation sites (N-methyl/N-ethyl adjacent to an activating group) is 1. The van der Waals surface area contributed by atoms with Gasteiger partial charge >= 0.3 is 0 Å². The minimum Gasteiger partial charge on any atom is -0.488 e. The van der Waals surface area contributed by atoms with Gasteiger partial charge in [-0.25, -0.2) is 0 Å². The van der Waals surface area contributed by atoms with E-state index in [0.29, 0.717) is 30.9 Å². The van der Waals surface area contributed by atoms with Gasteiger partial charge in [-0.2, -0.15) is 0 Å². The van der Waals surface area contributed by atoms with Crippen LogP contribution in [-0.2, 0) is 22.6 Å². The van der Waals surface area contributed by atoms with Gasteiger partial charge in [0, 0.05) is 43.2 Å². The highest BCUT2D eigenvalue weighted by atomic mass is 16.5. The summed E-state index contributed by atoms with van der Waals surface area (Å²) in [6, 6.07) is 24.3. The van der Waals surface area contributed by atoms with Crippen LogP contribution in [0.15, 0.2) is 72.8 Å². The van der Waals surface area contributed by atoms with Crippen molar-refractivity contribution in [2.45, 2.75) is 51.8 Å². The van der Waals surface area contributed by atoms with E-state index in [4.69, 9.17) is 4.74 Å². The first-order valence-electron chi connectivity index (χ1n) is 15.6. The molecule has 1 heterocycles. The molecule has 8 heteroatoms. The molecular weight excluding hydrogens is 552 g/mol. The third-order valence-electron chi connectivity index (χ3n) is 8.21. The van der Waals surface area contributed by atoms with Gasteiger partial charge in [0.05, 0.1) is 19.1 Å². The number of carbonyl (C=O) groups is 2. The zero-order valence-electron chi connectivity index (χ0n) is 26.8. The number of nitrogens with one attached hydrogen (secondary N) is 1. The van der Waals surface area contributed by atoms with Gasteiger partial charge in [-0.05, 0) is 75.9 Å². The fourth-order valence-corrected chi connectivity index (χ4v) is 5.62. The maximum Gasteiger partial charge on any atom is 0.227 e. The molecule has 0 saturated carbocycles. The van der Waals surface area contributed by atoms with Crippen LogP contribution in [0.5, 0.6) is 5.75 Å². The van der Waals surface area contributed by atoms with E-state index < -0.39 is 0 Å². The Morgan fingerprint density at radius 3 is 2.43 bits per heavy atom. The molecule has 0 spiro atoms. The van der Waals surface area contributed by atoms with Crippen LogP contribution >= 0.6 is 0 Å². The topological polar surface area (TPSA) is 85.3 Å². The molecule has 3 aromatic rings. The number of hydrogen-bond acceptors (Lipinski definition) is 6. The Kier molecular flexibility index (Phi) is 11.9. The minimum atomic E-state index is -0.312. The molecule has 1 aliphatic rings. The van der Waals surface area contributed by atoms with Crippen molar-refractivity contribution in [3.8, 4) is 16.9 Å². The van der Waals surface area contributed by atoms with Gasteiger partial charge in [-0.15, -0.1) is 0 Å². The SMILES string of the molecule is C[C@H]1CN([C@@H](C)CO)C(=O)Cc2cc(NC(=O)CCCN(C)C)ccc2O[C@@H]1CN(C)Cc1ccc(-c2ccccc2)cc1. The summed E-state index contributed by atoms with van der Waals surface area (Å²) in [5.74, 6) is 0.547. The molecule has 236 valence electrons. The minimum absolute atomic E-state index is 0.0119. The average molecular weight is 601 g/mol. The van der Waals surface area contributed by atoms with Gasteiger partial charge in [0.1, 0.15) is 11.9 Å². The zero-order valence-corrected chi connectivity index (χ0v) is 26.8. The lowest BCUT2D eigenvalue weighted by molar-refractivity contribution is -0.134. The third kappa shape index (κ3) is 9.39. The van der Waals surface area contributed by atoms with Crippen molar-refractivity contribution in [2.75, 3.05) is 52.7 Å². The van der Waals surface area contributed by atoms with Crippen molar-refractivity contribution in [1.29, 1.82) is 0 Å². The van der Waals surface area contributed by atoms with E-state index in [2.05, 4.69) is 65.5 Å². The average Bonchev–Trinajstić information content (AvgIpc) is 3.04. The van der Waals surface area contributed by atoms with Gasteiger partial charge in [-0.1, -0.05) is 61.5 Å². The molecule has 3 atom stereocenters. The second-order valence-electron chi connectivity index (χ2n) is 12.4. The number of ether oxygens (including phenoxy) is 1. The van der Waals surface area contributed by atoms with Crippen LogP contribution in [0.1, 0.15) is 37.8 Å². The molecule has 0 saturated heterocycles. The summed E-state index contributed by atoms with van der Waals surface area (Å²) >= 11 is 0. The summed E-state index contributed by atoms with van der Waals surface area (Å²) in [7, 11) is 6.06. The molecule has 0 aliphatic carbocycles.